The summed E-state index contributed by atoms with van der Waals surface area (Å²) in [7, 11) is 0.286. The van der Waals surface area contributed by atoms with Gasteiger partial charge in [0.15, 0.2) is 0 Å². The van der Waals surface area contributed by atoms with E-state index in [0.29, 0.717) is 0 Å². The average Bonchev–Trinajstić information content (AvgIpc) is 1.89. The van der Waals surface area contributed by atoms with E-state index in [0.717, 1.165) is 0 Å². The van der Waals surface area contributed by atoms with Crippen molar-refractivity contribution in [2.75, 3.05) is 0 Å². The molecular formula is C6H11BO2. The third kappa shape index (κ3) is 7.14. The molecule has 9 heavy (non-hydrogen) atoms. The maximum atomic E-state index is 4.83. The highest BCUT2D eigenvalue weighted by molar-refractivity contribution is 6.18. The Kier molecular flexibility index (Phi) is 6.47. The van der Waals surface area contributed by atoms with E-state index in [4.69, 9.17) is 9.31 Å². The van der Waals surface area contributed by atoms with Crippen LogP contribution in [0.1, 0.15) is 13.8 Å². The van der Waals surface area contributed by atoms with Gasteiger partial charge in [0.1, 0.15) is 0 Å². The Bertz CT molecular complexity index is 87.2. The molecule has 0 unspecified atom stereocenters. The maximum absolute atomic E-state index is 4.83. The first kappa shape index (κ1) is 8.14. The minimum absolute atomic E-state index is 0.286. The molecule has 0 aliphatic rings. The Hall–Kier alpha value is -0.855. The highest BCUT2D eigenvalue weighted by Crippen LogP contribution is 1.77. The van der Waals surface area contributed by atoms with Gasteiger partial charge in [-0.15, -0.1) is 0 Å². The minimum atomic E-state index is 0.286. The highest BCUT2D eigenvalue weighted by Gasteiger charge is 1.81. The topological polar surface area (TPSA) is 18.5 Å². The summed E-state index contributed by atoms with van der Waals surface area (Å²) in [6.45, 7) is 3.77. The molecule has 0 rings (SSSR count). The van der Waals surface area contributed by atoms with Crippen molar-refractivity contribution in [3.8, 4) is 0 Å². The van der Waals surface area contributed by atoms with Gasteiger partial charge in [0.2, 0.25) is 0 Å². The summed E-state index contributed by atoms with van der Waals surface area (Å²) in [5.41, 5.74) is 0. The molecule has 0 saturated heterocycles. The second kappa shape index (κ2) is 7.14. The number of hydrogen-bond acceptors (Lipinski definition) is 2. The number of allylic oxidation sites excluding steroid dienone is 2. The zero-order valence-electron chi connectivity index (χ0n) is 5.83. The summed E-state index contributed by atoms with van der Waals surface area (Å²) in [6.07, 6.45) is 6.78. The van der Waals surface area contributed by atoms with Crippen LogP contribution in [0.2, 0.25) is 0 Å². The van der Waals surface area contributed by atoms with Gasteiger partial charge in [0.05, 0.1) is 12.5 Å². The summed E-state index contributed by atoms with van der Waals surface area (Å²) in [6, 6.07) is 0. The molecule has 0 amide bonds. The predicted molar refractivity (Wildman–Crippen MR) is 38.9 cm³/mol. The van der Waals surface area contributed by atoms with E-state index in [1.807, 2.05) is 13.8 Å². The van der Waals surface area contributed by atoms with Gasteiger partial charge in [0.25, 0.3) is 0 Å². The van der Waals surface area contributed by atoms with Gasteiger partial charge < -0.3 is 9.31 Å². The Morgan fingerprint density at radius 3 is 1.78 bits per heavy atom. The summed E-state index contributed by atoms with van der Waals surface area (Å²) in [4.78, 5) is 0. The first-order valence-corrected chi connectivity index (χ1v) is 2.87. The molecule has 0 radical (unpaired) electrons. The van der Waals surface area contributed by atoms with E-state index < -0.39 is 0 Å². The molecule has 50 valence electrons. The van der Waals surface area contributed by atoms with E-state index in [1.54, 1.807) is 24.7 Å². The molecule has 0 aliphatic carbocycles. The average molecular weight is 126 g/mol. The second-order valence-electron chi connectivity index (χ2n) is 1.39. The molecule has 0 bridgehead atoms. The van der Waals surface area contributed by atoms with Crippen LogP contribution in [0, 0.1) is 0 Å². The zero-order chi connectivity index (χ0) is 6.95. The lowest BCUT2D eigenvalue weighted by atomic mass is 10.4. The van der Waals surface area contributed by atoms with Crippen LogP contribution in [0.3, 0.4) is 0 Å². The molecule has 0 saturated carbocycles. The summed E-state index contributed by atoms with van der Waals surface area (Å²) >= 11 is 0. The van der Waals surface area contributed by atoms with Crippen molar-refractivity contribution in [2.45, 2.75) is 13.8 Å². The lowest BCUT2D eigenvalue weighted by Gasteiger charge is -1.94. The van der Waals surface area contributed by atoms with Gasteiger partial charge in [-0.05, 0) is 13.8 Å². The zero-order valence-corrected chi connectivity index (χ0v) is 5.83. The molecule has 0 atom stereocenters. The van der Waals surface area contributed by atoms with Crippen LogP contribution in [-0.4, -0.2) is 7.69 Å². The van der Waals surface area contributed by atoms with Crippen LogP contribution in [0.25, 0.3) is 0 Å². The van der Waals surface area contributed by atoms with Crippen LogP contribution in [0.15, 0.2) is 24.7 Å². The van der Waals surface area contributed by atoms with Crippen molar-refractivity contribution < 1.29 is 9.31 Å². The normalized spacial score (nSPS) is 10.4. The third-order valence-corrected chi connectivity index (χ3v) is 0.601. The Morgan fingerprint density at radius 2 is 1.44 bits per heavy atom. The van der Waals surface area contributed by atoms with Crippen molar-refractivity contribution in [3.05, 3.63) is 24.7 Å². The fraction of sp³-hybridized carbons (Fsp3) is 0.333. The summed E-state index contributed by atoms with van der Waals surface area (Å²) < 4.78 is 9.66. The highest BCUT2D eigenvalue weighted by atomic mass is 16.6. The van der Waals surface area contributed by atoms with Crippen molar-refractivity contribution in [2.24, 2.45) is 0 Å². The van der Waals surface area contributed by atoms with Gasteiger partial charge in [-0.2, -0.15) is 0 Å². The van der Waals surface area contributed by atoms with E-state index in [2.05, 4.69) is 0 Å². The first-order valence-electron chi connectivity index (χ1n) is 2.87. The lowest BCUT2D eigenvalue weighted by Crippen LogP contribution is -1.93. The predicted octanol–water partition coefficient (Wildman–Crippen LogP) is 1.35. The number of hydrogen-bond donors (Lipinski definition) is 0. The van der Waals surface area contributed by atoms with Crippen LogP contribution < -0.4 is 0 Å². The maximum Gasteiger partial charge on any atom is 0.575 e. The van der Waals surface area contributed by atoms with Gasteiger partial charge in [0, 0.05) is 0 Å². The molecule has 0 aromatic rings. The molecule has 0 fully saturated rings. The van der Waals surface area contributed by atoms with E-state index in [9.17, 15) is 0 Å². The number of rotatable bonds is 4. The first-order chi connectivity index (χ1) is 4.41. The Balaban J connectivity index is 2.91. The van der Waals surface area contributed by atoms with Crippen molar-refractivity contribution >= 4 is 7.69 Å². The summed E-state index contributed by atoms with van der Waals surface area (Å²) in [5.74, 6) is 0. The molecule has 0 aromatic carbocycles. The van der Waals surface area contributed by atoms with Crippen molar-refractivity contribution in [3.63, 3.8) is 0 Å². The van der Waals surface area contributed by atoms with Gasteiger partial charge in [-0.1, -0.05) is 12.2 Å². The van der Waals surface area contributed by atoms with Gasteiger partial charge in [-0.3, -0.25) is 0 Å². The standard InChI is InChI=1S/C6H11BO2/c1-3-5-8-7-9-6-4-2/h3-7H,1-2H3/b5-3-,6-4-. The fourth-order valence-corrected chi connectivity index (χ4v) is 0.310. The third-order valence-electron chi connectivity index (χ3n) is 0.601. The molecule has 0 spiro atoms. The minimum Gasteiger partial charge on any atom is -0.535 e. The quantitative estimate of drug-likeness (QED) is 0.321. The molecule has 3 heteroatoms. The Labute approximate surface area is 56.5 Å². The lowest BCUT2D eigenvalue weighted by molar-refractivity contribution is 0.375. The van der Waals surface area contributed by atoms with Crippen molar-refractivity contribution in [1.82, 2.24) is 0 Å². The molecule has 0 aliphatic heterocycles. The molecule has 2 nitrogen and oxygen atoms in total. The van der Waals surface area contributed by atoms with Gasteiger partial charge in [-0.25, -0.2) is 0 Å². The van der Waals surface area contributed by atoms with E-state index >= 15 is 0 Å². The molecule has 0 heterocycles. The van der Waals surface area contributed by atoms with E-state index in [1.165, 1.54) is 0 Å². The van der Waals surface area contributed by atoms with Gasteiger partial charge >= 0.3 is 7.69 Å². The fourth-order valence-electron chi connectivity index (χ4n) is 0.310. The smallest absolute Gasteiger partial charge is 0.535 e. The van der Waals surface area contributed by atoms with Crippen LogP contribution in [0.4, 0.5) is 0 Å². The molecule has 0 aromatic heterocycles. The Morgan fingerprint density at radius 1 is 1.00 bits per heavy atom. The van der Waals surface area contributed by atoms with Crippen LogP contribution in [-0.2, 0) is 9.31 Å². The molecule has 0 N–H and O–H groups in total. The molecular weight excluding hydrogens is 115 g/mol. The van der Waals surface area contributed by atoms with Crippen molar-refractivity contribution in [1.29, 1.82) is 0 Å². The monoisotopic (exact) mass is 126 g/mol. The SMILES string of the molecule is C/C=C\OBO/C=C\C. The second-order valence-corrected chi connectivity index (χ2v) is 1.39. The van der Waals surface area contributed by atoms with Crippen LogP contribution in [0.5, 0.6) is 0 Å². The van der Waals surface area contributed by atoms with E-state index in [-0.39, 0.29) is 7.69 Å². The largest absolute Gasteiger partial charge is 0.575 e. The van der Waals surface area contributed by atoms with Crippen LogP contribution >= 0.6 is 0 Å². The summed E-state index contributed by atoms with van der Waals surface area (Å²) in [5, 5.41) is 0.